The first-order valence-corrected chi connectivity index (χ1v) is 9.62. The smallest absolute Gasteiger partial charge is 0.349 e. The molecule has 0 amide bonds. The van der Waals surface area contributed by atoms with E-state index in [2.05, 4.69) is 0 Å². The van der Waals surface area contributed by atoms with Crippen LogP contribution in [-0.4, -0.2) is 25.0 Å². The summed E-state index contributed by atoms with van der Waals surface area (Å²) in [4.78, 5) is 26.6. The third-order valence-electron chi connectivity index (χ3n) is 4.55. The van der Waals surface area contributed by atoms with E-state index >= 15 is 0 Å². The van der Waals surface area contributed by atoms with Crippen molar-refractivity contribution >= 4 is 23.1 Å². The number of carbonyl (C=O) groups excluding carboxylic acids is 2. The Morgan fingerprint density at radius 2 is 1.86 bits per heavy atom. The molecule has 2 aromatic carbocycles. The van der Waals surface area contributed by atoms with Gasteiger partial charge in [-0.3, -0.25) is 4.79 Å². The predicted molar refractivity (Wildman–Crippen MR) is 106 cm³/mol. The number of fused-ring (bicyclic) bond motifs is 3. The molecule has 1 aromatic heterocycles. The number of esters is 1. The van der Waals surface area contributed by atoms with Crippen LogP contribution in [0.4, 0.5) is 0 Å². The van der Waals surface area contributed by atoms with Crippen LogP contribution >= 0.6 is 11.3 Å². The fourth-order valence-electron chi connectivity index (χ4n) is 3.06. The fraction of sp³-hybridized carbons (Fsp3) is 0.182. The first-order chi connectivity index (χ1) is 13.6. The van der Waals surface area contributed by atoms with Crippen molar-refractivity contribution in [1.82, 2.24) is 0 Å². The molecular weight excluding hydrogens is 376 g/mol. The van der Waals surface area contributed by atoms with E-state index in [9.17, 15) is 9.59 Å². The summed E-state index contributed by atoms with van der Waals surface area (Å²) in [5.74, 6) is 0.699. The van der Waals surface area contributed by atoms with Gasteiger partial charge in [-0.25, -0.2) is 4.79 Å². The van der Waals surface area contributed by atoms with Crippen LogP contribution in [0.15, 0.2) is 54.6 Å². The first kappa shape index (κ1) is 18.3. The van der Waals surface area contributed by atoms with Gasteiger partial charge in [0.1, 0.15) is 23.0 Å². The maximum Gasteiger partial charge on any atom is 0.349 e. The van der Waals surface area contributed by atoms with Crippen LogP contribution in [0.25, 0.3) is 10.4 Å². The summed E-state index contributed by atoms with van der Waals surface area (Å²) in [6, 6.07) is 16.2. The standard InChI is InChI=1S/C22H18O5S/c1-13(20(23)14-7-9-16(25-2)10-8-14)27-22(24)19-11-15-12-26-18-6-4-3-5-17(18)21(15)28-19/h3-11,13H,12H2,1-2H3. The first-order valence-electron chi connectivity index (χ1n) is 8.81. The summed E-state index contributed by atoms with van der Waals surface area (Å²) in [7, 11) is 1.56. The highest BCUT2D eigenvalue weighted by Gasteiger charge is 2.25. The average molecular weight is 394 g/mol. The van der Waals surface area contributed by atoms with Crippen molar-refractivity contribution in [1.29, 1.82) is 0 Å². The summed E-state index contributed by atoms with van der Waals surface area (Å²) in [5.41, 5.74) is 2.38. The third-order valence-corrected chi connectivity index (χ3v) is 5.74. The lowest BCUT2D eigenvalue weighted by atomic mass is 10.1. The van der Waals surface area contributed by atoms with Gasteiger partial charge in [0.25, 0.3) is 0 Å². The molecule has 1 aliphatic rings. The second-order valence-corrected chi connectivity index (χ2v) is 7.44. The molecular formula is C22H18O5S. The maximum atomic E-state index is 12.6. The van der Waals surface area contributed by atoms with E-state index in [1.54, 1.807) is 44.4 Å². The summed E-state index contributed by atoms with van der Waals surface area (Å²) in [5, 5.41) is 0. The summed E-state index contributed by atoms with van der Waals surface area (Å²) < 4.78 is 16.2. The van der Waals surface area contributed by atoms with Crippen molar-refractivity contribution in [3.63, 3.8) is 0 Å². The van der Waals surface area contributed by atoms with Crippen LogP contribution in [-0.2, 0) is 11.3 Å². The maximum absolute atomic E-state index is 12.6. The second-order valence-electron chi connectivity index (χ2n) is 6.39. The van der Waals surface area contributed by atoms with Crippen LogP contribution < -0.4 is 9.47 Å². The molecule has 0 saturated carbocycles. The molecule has 6 heteroatoms. The zero-order valence-electron chi connectivity index (χ0n) is 15.4. The molecule has 0 bridgehead atoms. The van der Waals surface area contributed by atoms with Crippen LogP contribution in [0.1, 0.15) is 32.5 Å². The Bertz CT molecular complexity index is 1040. The molecule has 0 aliphatic carbocycles. The highest BCUT2D eigenvalue weighted by Crippen LogP contribution is 2.42. The van der Waals surface area contributed by atoms with Gasteiger partial charge in [0.15, 0.2) is 6.10 Å². The quantitative estimate of drug-likeness (QED) is 0.462. The van der Waals surface area contributed by atoms with Crippen molar-refractivity contribution in [2.45, 2.75) is 19.6 Å². The third kappa shape index (κ3) is 3.39. The summed E-state index contributed by atoms with van der Waals surface area (Å²) in [6.45, 7) is 1.99. The number of para-hydroxylation sites is 1. The average Bonchev–Trinajstić information content (AvgIpc) is 3.18. The van der Waals surface area contributed by atoms with E-state index < -0.39 is 12.1 Å². The Balaban J connectivity index is 1.50. The highest BCUT2D eigenvalue weighted by atomic mass is 32.1. The summed E-state index contributed by atoms with van der Waals surface area (Å²) in [6.07, 6.45) is -0.886. The Hall–Kier alpha value is -3.12. The number of hydrogen-bond donors (Lipinski definition) is 0. The molecule has 1 unspecified atom stereocenters. The minimum atomic E-state index is -0.886. The highest BCUT2D eigenvalue weighted by molar-refractivity contribution is 7.17. The molecule has 0 radical (unpaired) electrons. The number of ether oxygens (including phenoxy) is 3. The van der Waals surface area contributed by atoms with Gasteiger partial charge in [0.2, 0.25) is 5.78 Å². The van der Waals surface area contributed by atoms with Crippen molar-refractivity contribution in [3.8, 4) is 21.9 Å². The van der Waals surface area contributed by atoms with Gasteiger partial charge >= 0.3 is 5.97 Å². The zero-order chi connectivity index (χ0) is 19.7. The topological polar surface area (TPSA) is 61.8 Å². The monoisotopic (exact) mass is 394 g/mol. The van der Waals surface area contributed by atoms with Crippen LogP contribution in [0, 0.1) is 0 Å². The molecule has 0 N–H and O–H groups in total. The van der Waals surface area contributed by atoms with E-state index in [4.69, 9.17) is 14.2 Å². The zero-order valence-corrected chi connectivity index (χ0v) is 16.2. The Morgan fingerprint density at radius 1 is 1.11 bits per heavy atom. The van der Waals surface area contributed by atoms with Crippen molar-refractivity contribution in [3.05, 3.63) is 70.6 Å². The van der Waals surface area contributed by atoms with Gasteiger partial charge in [0, 0.05) is 21.6 Å². The number of carbonyl (C=O) groups is 2. The molecule has 28 heavy (non-hydrogen) atoms. The molecule has 2 heterocycles. The van der Waals surface area contributed by atoms with Crippen LogP contribution in [0.3, 0.4) is 0 Å². The van der Waals surface area contributed by atoms with Gasteiger partial charge < -0.3 is 14.2 Å². The van der Waals surface area contributed by atoms with Gasteiger partial charge in [-0.15, -0.1) is 11.3 Å². The lowest BCUT2D eigenvalue weighted by Gasteiger charge is -2.16. The number of ketones is 1. The van der Waals surface area contributed by atoms with Gasteiger partial charge in [-0.1, -0.05) is 12.1 Å². The Morgan fingerprint density at radius 3 is 2.61 bits per heavy atom. The molecule has 1 aliphatic heterocycles. The minimum Gasteiger partial charge on any atom is -0.497 e. The van der Waals surface area contributed by atoms with E-state index in [1.807, 2.05) is 24.3 Å². The van der Waals surface area contributed by atoms with E-state index in [-0.39, 0.29) is 5.78 Å². The minimum absolute atomic E-state index is 0.258. The van der Waals surface area contributed by atoms with Crippen molar-refractivity contribution in [2.24, 2.45) is 0 Å². The number of rotatable bonds is 5. The second kappa shape index (κ2) is 7.48. The van der Waals surface area contributed by atoms with Gasteiger partial charge in [-0.05, 0) is 49.4 Å². The van der Waals surface area contributed by atoms with Crippen molar-refractivity contribution in [2.75, 3.05) is 7.11 Å². The number of thiophene rings is 1. The van der Waals surface area contributed by atoms with Crippen LogP contribution in [0.2, 0.25) is 0 Å². The van der Waals surface area contributed by atoms with Gasteiger partial charge in [0.05, 0.1) is 7.11 Å². The normalized spacial score (nSPS) is 12.9. The number of methoxy groups -OCH3 is 1. The van der Waals surface area contributed by atoms with E-state index in [0.29, 0.717) is 22.8 Å². The summed E-state index contributed by atoms with van der Waals surface area (Å²) >= 11 is 1.36. The lowest BCUT2D eigenvalue weighted by molar-refractivity contribution is 0.0323. The fourth-order valence-corrected chi connectivity index (χ4v) is 4.14. The number of Topliss-reactive ketones (excluding diaryl/α,β-unsaturated/α-hetero) is 1. The molecule has 0 fully saturated rings. The van der Waals surface area contributed by atoms with E-state index in [0.717, 1.165) is 21.8 Å². The number of benzene rings is 2. The van der Waals surface area contributed by atoms with E-state index in [1.165, 1.54) is 11.3 Å². The molecule has 142 valence electrons. The molecule has 3 aromatic rings. The molecule has 0 spiro atoms. The van der Waals surface area contributed by atoms with Crippen molar-refractivity contribution < 1.29 is 23.8 Å². The molecule has 5 nitrogen and oxygen atoms in total. The van der Waals surface area contributed by atoms with Crippen LogP contribution in [0.5, 0.6) is 11.5 Å². The largest absolute Gasteiger partial charge is 0.497 e. The SMILES string of the molecule is COc1ccc(C(=O)C(C)OC(=O)c2cc3c(s2)-c2ccccc2OC3)cc1. The molecule has 1 atom stereocenters. The van der Waals surface area contributed by atoms with Gasteiger partial charge in [-0.2, -0.15) is 0 Å². The molecule has 4 rings (SSSR count). The Labute approximate surface area is 166 Å². The predicted octanol–water partition coefficient (Wildman–Crippen LogP) is 4.74. The number of hydrogen-bond acceptors (Lipinski definition) is 6. The Kier molecular flexibility index (Phi) is 4.88. The molecule has 0 saturated heterocycles. The lowest BCUT2D eigenvalue weighted by Crippen LogP contribution is -2.24.